The summed E-state index contributed by atoms with van der Waals surface area (Å²) < 4.78 is 106. The summed E-state index contributed by atoms with van der Waals surface area (Å²) in [5.74, 6) is -0.621. The maximum atomic E-state index is 13.5. The van der Waals surface area contributed by atoms with Crippen molar-refractivity contribution in [1.82, 2.24) is 4.72 Å². The molecule has 1 heterocycles. The maximum absolute atomic E-state index is 13.5. The highest BCUT2D eigenvalue weighted by molar-refractivity contribution is 7.90. The van der Waals surface area contributed by atoms with E-state index >= 15 is 0 Å². The number of aliphatic imine (C=N–C) groups is 1. The predicted molar refractivity (Wildman–Crippen MR) is 156 cm³/mol. The molecule has 2 unspecified atom stereocenters. The van der Waals surface area contributed by atoms with Gasteiger partial charge in [0.05, 0.1) is 6.04 Å². The number of sulfonamides is 1. The second-order valence-corrected chi connectivity index (χ2v) is 20.2. The lowest BCUT2D eigenvalue weighted by Gasteiger charge is -2.39. The van der Waals surface area contributed by atoms with Gasteiger partial charge in [0.2, 0.25) is 10.0 Å². The summed E-state index contributed by atoms with van der Waals surface area (Å²) in [6.45, 7) is 14.2. The lowest BCUT2D eigenvalue weighted by atomic mass is 9.97. The first-order valence-electron chi connectivity index (χ1n) is 13.1. The van der Waals surface area contributed by atoms with Crippen LogP contribution in [-0.2, 0) is 29.3 Å². The molecule has 234 valence electrons. The molecule has 1 N–H and O–H groups in total. The minimum Gasteiger partial charge on any atom is -0.457 e. The molecule has 0 saturated carbocycles. The number of halogens is 3. The summed E-state index contributed by atoms with van der Waals surface area (Å²) in [5, 5.41) is -1.30. The Morgan fingerprint density at radius 1 is 1.05 bits per heavy atom. The number of hydrogen-bond donors (Lipinski definition) is 1. The molecule has 3 rings (SSSR count). The van der Waals surface area contributed by atoms with E-state index in [0.717, 1.165) is 17.7 Å². The van der Waals surface area contributed by atoms with Crippen molar-refractivity contribution in [3.63, 3.8) is 0 Å². The third-order valence-corrected chi connectivity index (χ3v) is 14.8. The van der Waals surface area contributed by atoms with Crippen molar-refractivity contribution in [2.24, 2.45) is 4.99 Å². The molecule has 15 heteroatoms. The van der Waals surface area contributed by atoms with Crippen LogP contribution in [0.5, 0.6) is 5.75 Å². The van der Waals surface area contributed by atoms with Gasteiger partial charge in [0.15, 0.2) is 8.32 Å². The highest BCUT2D eigenvalue weighted by Crippen LogP contribution is 2.40. The fourth-order valence-corrected chi connectivity index (χ4v) is 7.43. The molecule has 0 aliphatic carbocycles. The number of ether oxygens (including phenoxy) is 1. The molecule has 2 aromatic carbocycles. The van der Waals surface area contributed by atoms with Crippen molar-refractivity contribution >= 4 is 34.5 Å². The zero-order valence-corrected chi connectivity index (χ0v) is 27.2. The Labute approximate surface area is 246 Å². The zero-order chi connectivity index (χ0) is 31.8. The fraction of sp³-hybridized carbons (Fsp3) is 0.519. The van der Waals surface area contributed by atoms with Crippen LogP contribution in [0.25, 0.3) is 0 Å². The molecular formula is C27H37F3N2O7S2Si. The van der Waals surface area contributed by atoms with Gasteiger partial charge < -0.3 is 13.3 Å². The van der Waals surface area contributed by atoms with Gasteiger partial charge in [-0.25, -0.2) is 18.1 Å². The summed E-state index contributed by atoms with van der Waals surface area (Å²) in [5.41, 5.74) is -5.99. The maximum Gasteiger partial charge on any atom is 0.534 e. The molecule has 2 aromatic rings. The van der Waals surface area contributed by atoms with E-state index in [9.17, 15) is 30.0 Å². The van der Waals surface area contributed by atoms with E-state index in [1.165, 1.54) is 12.1 Å². The molecule has 42 heavy (non-hydrogen) atoms. The molecule has 0 spiro atoms. The van der Waals surface area contributed by atoms with Crippen molar-refractivity contribution in [2.45, 2.75) is 81.6 Å². The van der Waals surface area contributed by atoms with E-state index in [0.29, 0.717) is 13.0 Å². The van der Waals surface area contributed by atoms with Gasteiger partial charge in [-0.3, -0.25) is 0 Å². The minimum atomic E-state index is -5.88. The van der Waals surface area contributed by atoms with Crippen LogP contribution in [0.4, 0.5) is 13.2 Å². The molecule has 1 aliphatic rings. The molecule has 1 saturated heterocycles. The van der Waals surface area contributed by atoms with E-state index in [4.69, 9.17) is 9.16 Å². The standard InChI is InChI=1S/C27H37F3N2O7S2Si/c1-25(2,3)42(6,7)37-18-17-22(19-11-9-8-10-12-19)31-24-32-40(33,34)23(26(4,5)38-24)20-13-15-21(16-14-20)39-41(35,36)27(28,29)30/h8-16,22-23H,17-18H2,1-7H3,(H,31,32). The Morgan fingerprint density at radius 2 is 1.62 bits per heavy atom. The zero-order valence-electron chi connectivity index (χ0n) is 24.5. The van der Waals surface area contributed by atoms with Gasteiger partial charge in [-0.15, -0.1) is 0 Å². The van der Waals surface area contributed by atoms with Crippen LogP contribution in [-0.4, -0.2) is 48.9 Å². The Balaban J connectivity index is 1.86. The van der Waals surface area contributed by atoms with Gasteiger partial charge in [0, 0.05) is 6.61 Å². The smallest absolute Gasteiger partial charge is 0.457 e. The van der Waals surface area contributed by atoms with E-state index in [2.05, 4.69) is 47.8 Å². The first-order chi connectivity index (χ1) is 19.1. The van der Waals surface area contributed by atoms with E-state index in [-0.39, 0.29) is 16.6 Å². The molecule has 2 atom stereocenters. The van der Waals surface area contributed by atoms with E-state index in [1.807, 2.05) is 30.3 Å². The third-order valence-electron chi connectivity index (χ3n) is 7.32. The van der Waals surface area contributed by atoms with E-state index < -0.39 is 56.6 Å². The molecule has 0 bridgehead atoms. The topological polar surface area (TPSA) is 120 Å². The van der Waals surface area contributed by atoms with Crippen molar-refractivity contribution in [2.75, 3.05) is 6.61 Å². The van der Waals surface area contributed by atoms with Crippen LogP contribution in [0.2, 0.25) is 18.1 Å². The first kappa shape index (κ1) is 33.9. The lowest BCUT2D eigenvalue weighted by Crippen LogP contribution is -2.53. The number of rotatable bonds is 9. The molecule has 0 radical (unpaired) electrons. The molecule has 0 amide bonds. The molecule has 1 aliphatic heterocycles. The molecular weight excluding hydrogens is 614 g/mol. The lowest BCUT2D eigenvalue weighted by molar-refractivity contribution is -0.0500. The monoisotopic (exact) mass is 650 g/mol. The number of amidine groups is 1. The largest absolute Gasteiger partial charge is 0.534 e. The van der Waals surface area contributed by atoms with Gasteiger partial charge in [0.1, 0.15) is 16.6 Å². The van der Waals surface area contributed by atoms with Crippen LogP contribution in [0, 0.1) is 0 Å². The van der Waals surface area contributed by atoms with Crippen molar-refractivity contribution in [1.29, 1.82) is 0 Å². The van der Waals surface area contributed by atoms with Crippen LogP contribution in [0.1, 0.15) is 63.5 Å². The van der Waals surface area contributed by atoms with Crippen LogP contribution < -0.4 is 8.91 Å². The second kappa shape index (κ2) is 11.8. The highest BCUT2D eigenvalue weighted by atomic mass is 32.2. The molecule has 1 fully saturated rings. The van der Waals surface area contributed by atoms with E-state index in [1.54, 1.807) is 13.8 Å². The van der Waals surface area contributed by atoms with Gasteiger partial charge in [0.25, 0.3) is 6.02 Å². The Hall–Kier alpha value is -2.62. The van der Waals surface area contributed by atoms with Crippen molar-refractivity contribution < 1.29 is 43.4 Å². The van der Waals surface area contributed by atoms with Gasteiger partial charge >= 0.3 is 15.6 Å². The summed E-state index contributed by atoms with van der Waals surface area (Å²) in [7, 11) is -12.1. The number of hydrogen-bond acceptors (Lipinski definition) is 8. The van der Waals surface area contributed by atoms with Gasteiger partial charge in [-0.05, 0) is 61.7 Å². The van der Waals surface area contributed by atoms with Crippen molar-refractivity contribution in [3.05, 3.63) is 65.7 Å². The summed E-state index contributed by atoms with van der Waals surface area (Å²) in [4.78, 5) is 4.63. The SMILES string of the molecule is CC1(C)OC(=NC(CCO[Si](C)(C)C(C)(C)C)c2ccccc2)NS(=O)(=O)C1c1ccc(OS(=O)(=O)C(F)(F)F)cc1. The summed E-state index contributed by atoms with van der Waals surface area (Å²) in [6, 6.07) is 12.9. The average molecular weight is 651 g/mol. The number of nitrogens with zero attached hydrogens (tertiary/aromatic N) is 1. The Morgan fingerprint density at radius 3 is 2.12 bits per heavy atom. The van der Waals surface area contributed by atoms with Crippen LogP contribution >= 0.6 is 0 Å². The van der Waals surface area contributed by atoms with Gasteiger partial charge in [-0.2, -0.15) is 21.6 Å². The fourth-order valence-electron chi connectivity index (χ4n) is 4.15. The third kappa shape index (κ3) is 7.85. The number of alkyl halides is 3. The van der Waals surface area contributed by atoms with Gasteiger partial charge in [-0.1, -0.05) is 63.2 Å². The summed E-state index contributed by atoms with van der Waals surface area (Å²) >= 11 is 0. The Bertz CT molecular complexity index is 1490. The normalized spacial score (nSPS) is 20.8. The number of nitrogens with one attached hydrogen (secondary N) is 1. The summed E-state index contributed by atoms with van der Waals surface area (Å²) in [6.07, 6.45) is 0.470. The van der Waals surface area contributed by atoms with Crippen LogP contribution in [0.15, 0.2) is 59.6 Å². The van der Waals surface area contributed by atoms with Crippen molar-refractivity contribution in [3.8, 4) is 5.75 Å². The molecule has 9 nitrogen and oxygen atoms in total. The molecule has 0 aromatic heterocycles. The second-order valence-electron chi connectivity index (χ2n) is 12.0. The highest BCUT2D eigenvalue weighted by Gasteiger charge is 2.50. The minimum absolute atomic E-state index is 0.0131. The van der Waals surface area contributed by atoms with Crippen LogP contribution in [0.3, 0.4) is 0 Å². The number of benzene rings is 2. The first-order valence-corrected chi connectivity index (χ1v) is 19.0. The predicted octanol–water partition coefficient (Wildman–Crippen LogP) is 6.19. The Kier molecular flexibility index (Phi) is 9.53. The average Bonchev–Trinajstić information content (AvgIpc) is 2.82. The quantitative estimate of drug-likeness (QED) is 0.195.